The molecular weight excluding hydrogens is 279 g/mol. The molecule has 1 saturated carbocycles. The SMILES string of the molecule is CC1(C)CCC(NS(=O)(=O)c2cc(N)ccc2F)CC1. The van der Waals surface area contributed by atoms with Crippen LogP contribution in [0.3, 0.4) is 0 Å². The number of halogens is 1. The fraction of sp³-hybridized carbons (Fsp3) is 0.571. The standard InChI is InChI=1S/C14H21FN2O2S/c1-14(2)7-5-11(6-8-14)17-20(18,19)13-9-10(16)3-4-12(13)15/h3-4,9,11,17H,5-8,16H2,1-2H3. The van der Waals surface area contributed by atoms with Crippen molar-refractivity contribution in [3.63, 3.8) is 0 Å². The second kappa shape index (κ2) is 5.33. The van der Waals surface area contributed by atoms with Crippen molar-refractivity contribution >= 4 is 15.7 Å². The van der Waals surface area contributed by atoms with Gasteiger partial charge in [-0.15, -0.1) is 0 Å². The summed E-state index contributed by atoms with van der Waals surface area (Å²) in [4.78, 5) is -0.373. The highest BCUT2D eigenvalue weighted by molar-refractivity contribution is 7.89. The van der Waals surface area contributed by atoms with Crippen LogP contribution in [0.25, 0.3) is 0 Å². The first-order chi connectivity index (χ1) is 9.20. The number of anilines is 1. The number of nitrogen functional groups attached to an aromatic ring is 1. The second-order valence-corrected chi connectivity index (χ2v) is 7.93. The molecule has 0 spiro atoms. The van der Waals surface area contributed by atoms with Gasteiger partial charge in [-0.25, -0.2) is 17.5 Å². The zero-order chi connectivity index (χ0) is 15.0. The fourth-order valence-electron chi connectivity index (χ4n) is 2.53. The van der Waals surface area contributed by atoms with E-state index in [1.165, 1.54) is 6.07 Å². The largest absolute Gasteiger partial charge is 0.399 e. The molecule has 1 aliphatic carbocycles. The monoisotopic (exact) mass is 300 g/mol. The molecule has 0 bridgehead atoms. The summed E-state index contributed by atoms with van der Waals surface area (Å²) in [5.41, 5.74) is 6.02. The molecule has 0 unspecified atom stereocenters. The third-order valence-electron chi connectivity index (χ3n) is 3.91. The van der Waals surface area contributed by atoms with E-state index in [0.29, 0.717) is 0 Å². The van der Waals surface area contributed by atoms with Gasteiger partial charge < -0.3 is 5.73 Å². The summed E-state index contributed by atoms with van der Waals surface area (Å²) in [6.45, 7) is 4.35. The molecule has 0 heterocycles. The lowest BCUT2D eigenvalue weighted by Gasteiger charge is -2.34. The topological polar surface area (TPSA) is 72.2 Å². The maximum Gasteiger partial charge on any atom is 0.243 e. The third-order valence-corrected chi connectivity index (χ3v) is 5.44. The molecular formula is C14H21FN2O2S. The van der Waals surface area contributed by atoms with Gasteiger partial charge in [-0.05, 0) is 49.3 Å². The molecule has 0 amide bonds. The molecule has 3 N–H and O–H groups in total. The van der Waals surface area contributed by atoms with E-state index in [4.69, 9.17) is 5.73 Å². The van der Waals surface area contributed by atoms with Crippen LogP contribution in [0.4, 0.5) is 10.1 Å². The Hall–Kier alpha value is -1.14. The van der Waals surface area contributed by atoms with Crippen LogP contribution in [0.15, 0.2) is 23.1 Å². The van der Waals surface area contributed by atoms with Crippen molar-refractivity contribution in [2.45, 2.75) is 50.5 Å². The second-order valence-electron chi connectivity index (χ2n) is 6.25. The molecule has 0 atom stereocenters. The Morgan fingerprint density at radius 2 is 1.90 bits per heavy atom. The van der Waals surface area contributed by atoms with Crippen molar-refractivity contribution in [2.75, 3.05) is 5.73 Å². The van der Waals surface area contributed by atoms with Crippen molar-refractivity contribution in [1.82, 2.24) is 4.72 Å². The number of nitrogens with two attached hydrogens (primary N) is 1. The average Bonchev–Trinajstić information content (AvgIpc) is 2.35. The van der Waals surface area contributed by atoms with Crippen LogP contribution in [0.2, 0.25) is 0 Å². The molecule has 112 valence electrons. The van der Waals surface area contributed by atoms with Crippen molar-refractivity contribution in [1.29, 1.82) is 0 Å². The van der Waals surface area contributed by atoms with Crippen molar-refractivity contribution in [3.8, 4) is 0 Å². The smallest absolute Gasteiger partial charge is 0.243 e. The molecule has 20 heavy (non-hydrogen) atoms. The highest BCUT2D eigenvalue weighted by Crippen LogP contribution is 2.35. The van der Waals surface area contributed by atoms with E-state index in [1.54, 1.807) is 0 Å². The number of sulfonamides is 1. The first-order valence-electron chi connectivity index (χ1n) is 6.77. The predicted molar refractivity (Wildman–Crippen MR) is 77.2 cm³/mol. The normalized spacial score (nSPS) is 19.9. The Morgan fingerprint density at radius 3 is 2.50 bits per heavy atom. The molecule has 4 nitrogen and oxygen atoms in total. The molecule has 1 fully saturated rings. The summed E-state index contributed by atoms with van der Waals surface area (Å²) < 4.78 is 40.7. The first-order valence-corrected chi connectivity index (χ1v) is 8.25. The number of benzene rings is 1. The van der Waals surface area contributed by atoms with E-state index >= 15 is 0 Å². The van der Waals surface area contributed by atoms with Crippen LogP contribution in [0, 0.1) is 11.2 Å². The first kappa shape index (κ1) is 15.3. The minimum absolute atomic E-state index is 0.131. The Morgan fingerprint density at radius 1 is 1.30 bits per heavy atom. The van der Waals surface area contributed by atoms with Crippen molar-refractivity contribution < 1.29 is 12.8 Å². The Labute approximate surface area is 119 Å². The maximum atomic E-state index is 13.7. The van der Waals surface area contributed by atoms with Crippen molar-refractivity contribution in [2.24, 2.45) is 5.41 Å². The van der Waals surface area contributed by atoms with E-state index in [9.17, 15) is 12.8 Å². The predicted octanol–water partition coefficient (Wildman–Crippen LogP) is 2.66. The zero-order valence-electron chi connectivity index (χ0n) is 11.8. The molecule has 1 aliphatic rings. The van der Waals surface area contributed by atoms with Gasteiger partial charge in [0.25, 0.3) is 0 Å². The van der Waals surface area contributed by atoms with Crippen molar-refractivity contribution in [3.05, 3.63) is 24.0 Å². The molecule has 1 aromatic rings. The summed E-state index contributed by atoms with van der Waals surface area (Å²) in [5, 5.41) is 0. The van der Waals surface area contributed by atoms with Gasteiger partial charge in [-0.2, -0.15) is 0 Å². The van der Waals surface area contributed by atoms with Crippen LogP contribution < -0.4 is 10.5 Å². The molecule has 0 aromatic heterocycles. The summed E-state index contributed by atoms with van der Waals surface area (Å²) in [6, 6.07) is 3.45. The van der Waals surface area contributed by atoms with Crippen LogP contribution >= 0.6 is 0 Å². The lowest BCUT2D eigenvalue weighted by atomic mass is 9.76. The fourth-order valence-corrected chi connectivity index (χ4v) is 3.94. The van der Waals surface area contributed by atoms with Crippen LogP contribution in [-0.4, -0.2) is 14.5 Å². The lowest BCUT2D eigenvalue weighted by molar-refractivity contribution is 0.218. The van der Waals surface area contributed by atoms with Gasteiger partial charge in [0.1, 0.15) is 10.7 Å². The summed E-state index contributed by atoms with van der Waals surface area (Å²) in [7, 11) is -3.86. The van der Waals surface area contributed by atoms with Gasteiger partial charge in [0.05, 0.1) is 0 Å². The van der Waals surface area contributed by atoms with Gasteiger partial charge in [-0.3, -0.25) is 0 Å². The minimum Gasteiger partial charge on any atom is -0.399 e. The minimum atomic E-state index is -3.86. The van der Waals surface area contributed by atoms with E-state index in [-0.39, 0.29) is 22.0 Å². The van der Waals surface area contributed by atoms with E-state index < -0.39 is 15.8 Å². The Balaban J connectivity index is 2.14. The number of hydrogen-bond donors (Lipinski definition) is 2. The lowest BCUT2D eigenvalue weighted by Crippen LogP contribution is -2.39. The number of rotatable bonds is 3. The van der Waals surface area contributed by atoms with Gasteiger partial charge in [0, 0.05) is 11.7 Å². The molecule has 0 saturated heterocycles. The van der Waals surface area contributed by atoms with Gasteiger partial charge in [-0.1, -0.05) is 13.8 Å². The molecule has 0 radical (unpaired) electrons. The van der Waals surface area contributed by atoms with Crippen LogP contribution in [0.1, 0.15) is 39.5 Å². The quantitative estimate of drug-likeness (QED) is 0.843. The van der Waals surface area contributed by atoms with Crippen LogP contribution in [-0.2, 0) is 10.0 Å². The molecule has 0 aliphatic heterocycles. The number of hydrogen-bond acceptors (Lipinski definition) is 3. The average molecular weight is 300 g/mol. The van der Waals surface area contributed by atoms with E-state index in [1.807, 2.05) is 0 Å². The van der Waals surface area contributed by atoms with E-state index in [0.717, 1.165) is 37.8 Å². The molecule has 2 rings (SSSR count). The van der Waals surface area contributed by atoms with Gasteiger partial charge in [0.2, 0.25) is 10.0 Å². The Bertz CT molecular complexity index is 589. The maximum absolute atomic E-state index is 13.7. The molecule has 1 aromatic carbocycles. The summed E-state index contributed by atoms with van der Waals surface area (Å²) in [6.07, 6.45) is 3.46. The number of nitrogens with one attached hydrogen (secondary N) is 1. The molecule has 6 heteroatoms. The zero-order valence-corrected chi connectivity index (χ0v) is 12.6. The highest BCUT2D eigenvalue weighted by atomic mass is 32.2. The summed E-state index contributed by atoms with van der Waals surface area (Å²) in [5.74, 6) is -0.775. The third kappa shape index (κ3) is 3.49. The Kier molecular flexibility index (Phi) is 4.07. The van der Waals surface area contributed by atoms with Crippen LogP contribution in [0.5, 0.6) is 0 Å². The van der Waals surface area contributed by atoms with Gasteiger partial charge in [0.15, 0.2) is 0 Å². The summed E-state index contributed by atoms with van der Waals surface area (Å²) >= 11 is 0. The van der Waals surface area contributed by atoms with Gasteiger partial charge >= 0.3 is 0 Å². The highest BCUT2D eigenvalue weighted by Gasteiger charge is 2.30. The van der Waals surface area contributed by atoms with E-state index in [2.05, 4.69) is 18.6 Å².